The third-order valence-corrected chi connectivity index (χ3v) is 5.22. The van der Waals surface area contributed by atoms with Gasteiger partial charge in [-0.1, -0.05) is 11.6 Å². The van der Waals surface area contributed by atoms with Gasteiger partial charge in [-0.25, -0.2) is 9.59 Å². The lowest BCUT2D eigenvalue weighted by Gasteiger charge is -2.20. The summed E-state index contributed by atoms with van der Waals surface area (Å²) in [5, 5.41) is 5.38. The van der Waals surface area contributed by atoms with Crippen LogP contribution in [0.25, 0.3) is 0 Å². The molecule has 3 rings (SSSR count). The highest BCUT2D eigenvalue weighted by atomic mass is 35.5. The molecule has 1 saturated heterocycles. The Morgan fingerprint density at radius 3 is 2.53 bits per heavy atom. The minimum atomic E-state index is -0.594. The van der Waals surface area contributed by atoms with E-state index < -0.39 is 23.9 Å². The van der Waals surface area contributed by atoms with Crippen LogP contribution in [0.2, 0.25) is 4.34 Å². The fourth-order valence-electron chi connectivity index (χ4n) is 2.71. The van der Waals surface area contributed by atoms with Crippen molar-refractivity contribution >= 4 is 52.4 Å². The van der Waals surface area contributed by atoms with Crippen molar-refractivity contribution in [1.29, 1.82) is 0 Å². The van der Waals surface area contributed by atoms with Gasteiger partial charge in [0.15, 0.2) is 0 Å². The zero-order chi connectivity index (χ0) is 21.9. The van der Waals surface area contributed by atoms with Gasteiger partial charge in [0, 0.05) is 11.4 Å². The van der Waals surface area contributed by atoms with Gasteiger partial charge in [-0.05, 0) is 57.2 Å². The van der Waals surface area contributed by atoms with Crippen LogP contribution in [0.1, 0.15) is 30.4 Å². The molecule has 0 spiro atoms. The van der Waals surface area contributed by atoms with Crippen LogP contribution in [0.3, 0.4) is 0 Å². The third-order valence-electron chi connectivity index (χ3n) is 3.99. The maximum Gasteiger partial charge on any atom is 0.414 e. The molecule has 160 valence electrons. The van der Waals surface area contributed by atoms with Crippen molar-refractivity contribution in [3.05, 3.63) is 45.6 Å². The Bertz CT molecular complexity index is 939. The van der Waals surface area contributed by atoms with Gasteiger partial charge < -0.3 is 14.8 Å². The molecule has 1 atom stereocenters. The van der Waals surface area contributed by atoms with Gasteiger partial charge in [-0.3, -0.25) is 15.0 Å². The topological polar surface area (TPSA) is 97.0 Å². The Hall–Kier alpha value is -2.78. The molecule has 1 unspecified atom stereocenters. The molecule has 2 aromatic rings. The van der Waals surface area contributed by atoms with Gasteiger partial charge in [0.2, 0.25) is 0 Å². The van der Waals surface area contributed by atoms with Gasteiger partial charge in [-0.2, -0.15) is 0 Å². The molecule has 8 nitrogen and oxygen atoms in total. The van der Waals surface area contributed by atoms with Crippen LogP contribution < -0.4 is 15.5 Å². The van der Waals surface area contributed by atoms with E-state index in [-0.39, 0.29) is 12.5 Å². The van der Waals surface area contributed by atoms with Gasteiger partial charge in [-0.15, -0.1) is 11.3 Å². The molecule has 3 amide bonds. The predicted molar refractivity (Wildman–Crippen MR) is 116 cm³/mol. The number of rotatable bonds is 5. The predicted octanol–water partition coefficient (Wildman–Crippen LogP) is 4.50. The van der Waals surface area contributed by atoms with Crippen LogP contribution in [0, 0.1) is 0 Å². The highest BCUT2D eigenvalue weighted by molar-refractivity contribution is 7.18. The first kappa shape index (κ1) is 21.9. The molecule has 2 N–H and O–H groups in total. The number of hydrogen-bond acceptors (Lipinski definition) is 6. The average Bonchev–Trinajstić information content (AvgIpc) is 3.24. The van der Waals surface area contributed by atoms with Crippen molar-refractivity contribution < 1.29 is 23.9 Å². The van der Waals surface area contributed by atoms with Crippen LogP contribution in [0.15, 0.2) is 36.4 Å². The van der Waals surface area contributed by atoms with Gasteiger partial charge in [0.25, 0.3) is 5.91 Å². The van der Waals surface area contributed by atoms with E-state index in [0.717, 1.165) is 0 Å². The molecular formula is C20H22ClN3O5S. The number of hydrogen-bond donors (Lipinski definition) is 2. The number of halogens is 1. The molecule has 10 heteroatoms. The molecular weight excluding hydrogens is 430 g/mol. The van der Waals surface area contributed by atoms with Crippen molar-refractivity contribution in [3.63, 3.8) is 0 Å². The minimum Gasteiger partial charge on any atom is -0.444 e. The Kier molecular flexibility index (Phi) is 6.52. The maximum atomic E-state index is 12.2. The van der Waals surface area contributed by atoms with Crippen LogP contribution in [0.4, 0.5) is 21.0 Å². The Morgan fingerprint density at radius 1 is 1.23 bits per heavy atom. The summed E-state index contributed by atoms with van der Waals surface area (Å²) >= 11 is 7.02. The number of carbonyl (C=O) groups is 3. The lowest BCUT2D eigenvalue weighted by atomic mass is 10.2. The van der Waals surface area contributed by atoms with Crippen molar-refractivity contribution in [2.24, 2.45) is 0 Å². The monoisotopic (exact) mass is 451 g/mol. The summed E-state index contributed by atoms with van der Waals surface area (Å²) in [7, 11) is 0. The first-order valence-electron chi connectivity index (χ1n) is 9.22. The molecule has 1 aromatic carbocycles. The van der Waals surface area contributed by atoms with Crippen molar-refractivity contribution in [1.82, 2.24) is 5.32 Å². The lowest BCUT2D eigenvalue weighted by molar-refractivity contribution is 0.0635. The normalized spacial score (nSPS) is 16.2. The van der Waals surface area contributed by atoms with Crippen molar-refractivity contribution in [3.8, 4) is 0 Å². The second kappa shape index (κ2) is 8.93. The molecule has 1 aliphatic rings. The number of carbonyl (C=O) groups excluding carboxylic acids is 3. The van der Waals surface area contributed by atoms with E-state index in [1.54, 1.807) is 57.2 Å². The number of thiophene rings is 1. The highest BCUT2D eigenvalue weighted by Gasteiger charge is 2.32. The van der Waals surface area contributed by atoms with Crippen molar-refractivity contribution in [2.45, 2.75) is 32.5 Å². The fraction of sp³-hybridized carbons (Fsp3) is 0.350. The molecule has 0 bridgehead atoms. The van der Waals surface area contributed by atoms with E-state index in [1.165, 1.54) is 16.2 Å². The summed E-state index contributed by atoms with van der Waals surface area (Å²) in [6.07, 6.45) is -1.53. The first-order valence-corrected chi connectivity index (χ1v) is 10.4. The summed E-state index contributed by atoms with van der Waals surface area (Å²) in [6, 6.07) is 10.0. The molecule has 2 heterocycles. The smallest absolute Gasteiger partial charge is 0.414 e. The zero-order valence-electron chi connectivity index (χ0n) is 16.7. The number of ether oxygens (including phenoxy) is 2. The zero-order valence-corrected chi connectivity index (χ0v) is 18.3. The molecule has 1 fully saturated rings. The van der Waals surface area contributed by atoms with E-state index in [2.05, 4.69) is 10.6 Å². The molecule has 0 saturated carbocycles. The standard InChI is InChI=1S/C20H22ClN3O5S/c1-20(2,3)29-18(26)23-12-4-6-13(7-5-12)24-11-14(28-19(24)27)10-22-17(25)15-8-9-16(21)30-15/h4-9,14H,10-11H2,1-3H3,(H,22,25)(H,23,26). The molecule has 0 radical (unpaired) electrons. The first-order chi connectivity index (χ1) is 14.1. The summed E-state index contributed by atoms with van der Waals surface area (Å²) in [5.41, 5.74) is 0.566. The largest absolute Gasteiger partial charge is 0.444 e. The fourth-order valence-corrected chi connectivity index (χ4v) is 3.67. The van der Waals surface area contributed by atoms with Gasteiger partial charge >= 0.3 is 12.2 Å². The van der Waals surface area contributed by atoms with Crippen molar-refractivity contribution in [2.75, 3.05) is 23.3 Å². The summed E-state index contributed by atoms with van der Waals surface area (Å²) in [6.45, 7) is 5.83. The lowest BCUT2D eigenvalue weighted by Crippen LogP contribution is -2.34. The van der Waals surface area contributed by atoms with E-state index >= 15 is 0 Å². The Morgan fingerprint density at radius 2 is 1.93 bits per heavy atom. The minimum absolute atomic E-state index is 0.189. The summed E-state index contributed by atoms with van der Waals surface area (Å²) in [5.74, 6) is -0.265. The van der Waals surface area contributed by atoms with E-state index in [1.807, 2.05) is 0 Å². The quantitative estimate of drug-likeness (QED) is 0.697. The van der Waals surface area contributed by atoms with Gasteiger partial charge in [0.1, 0.15) is 11.7 Å². The van der Waals surface area contributed by atoms with E-state index in [9.17, 15) is 14.4 Å². The van der Waals surface area contributed by atoms with E-state index in [0.29, 0.717) is 27.1 Å². The van der Waals surface area contributed by atoms with Crippen LogP contribution >= 0.6 is 22.9 Å². The number of nitrogens with one attached hydrogen (secondary N) is 2. The molecule has 1 aliphatic heterocycles. The van der Waals surface area contributed by atoms with E-state index in [4.69, 9.17) is 21.1 Å². The number of nitrogens with zero attached hydrogens (tertiary/aromatic N) is 1. The van der Waals surface area contributed by atoms with Crippen LogP contribution in [0.5, 0.6) is 0 Å². The summed E-state index contributed by atoms with van der Waals surface area (Å²) < 4.78 is 11.1. The number of anilines is 2. The Labute approximate surface area is 183 Å². The SMILES string of the molecule is CC(C)(C)OC(=O)Nc1ccc(N2CC(CNC(=O)c3ccc(Cl)s3)OC2=O)cc1. The number of benzene rings is 1. The third kappa shape index (κ3) is 5.87. The molecule has 1 aromatic heterocycles. The summed E-state index contributed by atoms with van der Waals surface area (Å²) in [4.78, 5) is 38.1. The maximum absolute atomic E-state index is 12.2. The van der Waals surface area contributed by atoms with Crippen LogP contribution in [-0.4, -0.2) is 42.9 Å². The number of amides is 3. The molecule has 30 heavy (non-hydrogen) atoms. The second-order valence-corrected chi connectivity index (χ2v) is 9.32. The highest BCUT2D eigenvalue weighted by Crippen LogP contribution is 2.24. The second-order valence-electron chi connectivity index (χ2n) is 7.60. The average molecular weight is 452 g/mol. The van der Waals surface area contributed by atoms with Crippen LogP contribution in [-0.2, 0) is 9.47 Å². The Balaban J connectivity index is 1.53. The number of cyclic esters (lactones) is 1. The molecule has 0 aliphatic carbocycles. The van der Waals surface area contributed by atoms with Gasteiger partial charge in [0.05, 0.1) is 22.3 Å².